The number of hydrogen-bond acceptors (Lipinski definition) is 6. The quantitative estimate of drug-likeness (QED) is 0.220. The summed E-state index contributed by atoms with van der Waals surface area (Å²) in [5.41, 5.74) is 1.77. The lowest BCUT2D eigenvalue weighted by Crippen LogP contribution is -2.29. The van der Waals surface area contributed by atoms with Gasteiger partial charge in [-0.25, -0.2) is 16.8 Å². The van der Waals surface area contributed by atoms with Crippen LogP contribution in [0.4, 0.5) is 17.1 Å². The van der Waals surface area contributed by atoms with Gasteiger partial charge in [-0.3, -0.25) is 13.8 Å². The van der Waals surface area contributed by atoms with Crippen molar-refractivity contribution in [3.63, 3.8) is 0 Å². The Labute approximate surface area is 248 Å². The van der Waals surface area contributed by atoms with Crippen LogP contribution in [0.15, 0.2) is 95.9 Å². The third-order valence-corrected chi connectivity index (χ3v) is 9.19. The molecule has 0 saturated carbocycles. The van der Waals surface area contributed by atoms with Crippen molar-refractivity contribution in [3.05, 3.63) is 112 Å². The number of amides is 1. The van der Waals surface area contributed by atoms with Crippen molar-refractivity contribution >= 4 is 66.2 Å². The second-order valence-electron chi connectivity index (χ2n) is 8.83. The molecule has 41 heavy (non-hydrogen) atoms. The SMILES string of the molecule is COc1ccc(NS(=O)(=O)c2ccc(NC(=O)c3ccc(N(Cc4c(Cl)cccc4Cl)S(C)(=O)=O)cc3)cc2)cc1. The number of rotatable bonds is 10. The summed E-state index contributed by atoms with van der Waals surface area (Å²) < 4.78 is 59.3. The fourth-order valence-corrected chi connectivity index (χ4v) is 6.24. The molecular weight excluding hydrogens is 609 g/mol. The zero-order valence-electron chi connectivity index (χ0n) is 21.8. The number of ether oxygens (including phenoxy) is 1. The second kappa shape index (κ2) is 12.4. The molecule has 1 amide bonds. The van der Waals surface area contributed by atoms with Gasteiger partial charge < -0.3 is 10.1 Å². The summed E-state index contributed by atoms with van der Waals surface area (Å²) in [5.74, 6) is 0.126. The van der Waals surface area contributed by atoms with E-state index in [4.69, 9.17) is 27.9 Å². The minimum Gasteiger partial charge on any atom is -0.497 e. The van der Waals surface area contributed by atoms with Crippen LogP contribution in [0.1, 0.15) is 15.9 Å². The van der Waals surface area contributed by atoms with Crippen molar-refractivity contribution in [1.82, 2.24) is 0 Å². The molecule has 4 aromatic carbocycles. The van der Waals surface area contributed by atoms with Crippen LogP contribution in [0.3, 0.4) is 0 Å². The first-order valence-corrected chi connectivity index (χ1v) is 16.0. The molecule has 9 nitrogen and oxygen atoms in total. The lowest BCUT2D eigenvalue weighted by atomic mass is 10.1. The normalized spacial score (nSPS) is 11.5. The first kappa shape index (κ1) is 30.2. The smallest absolute Gasteiger partial charge is 0.261 e. The highest BCUT2D eigenvalue weighted by Gasteiger charge is 2.21. The van der Waals surface area contributed by atoms with Gasteiger partial charge in [-0.2, -0.15) is 0 Å². The third kappa shape index (κ3) is 7.50. The van der Waals surface area contributed by atoms with Gasteiger partial charge in [0.15, 0.2) is 0 Å². The van der Waals surface area contributed by atoms with Crippen LogP contribution in [-0.4, -0.2) is 36.1 Å². The molecule has 0 spiro atoms. The summed E-state index contributed by atoms with van der Waals surface area (Å²) in [4.78, 5) is 12.8. The van der Waals surface area contributed by atoms with E-state index in [1.165, 1.54) is 55.6 Å². The van der Waals surface area contributed by atoms with E-state index in [9.17, 15) is 21.6 Å². The van der Waals surface area contributed by atoms with E-state index < -0.39 is 26.0 Å². The van der Waals surface area contributed by atoms with Gasteiger partial charge in [-0.1, -0.05) is 29.3 Å². The summed E-state index contributed by atoms with van der Waals surface area (Å²) in [6.45, 7) is -0.0918. The minimum absolute atomic E-state index is 0.00941. The van der Waals surface area contributed by atoms with Gasteiger partial charge >= 0.3 is 0 Å². The van der Waals surface area contributed by atoms with E-state index in [1.807, 2.05) is 0 Å². The molecule has 0 heterocycles. The predicted molar refractivity (Wildman–Crippen MR) is 162 cm³/mol. The molecular formula is C28H25Cl2N3O6S2. The van der Waals surface area contributed by atoms with Crippen molar-refractivity contribution < 1.29 is 26.4 Å². The maximum Gasteiger partial charge on any atom is 0.261 e. The van der Waals surface area contributed by atoms with Gasteiger partial charge in [0.2, 0.25) is 10.0 Å². The molecule has 2 N–H and O–H groups in total. The number of halogens is 2. The number of sulfonamides is 2. The van der Waals surface area contributed by atoms with Crippen molar-refractivity contribution in [3.8, 4) is 5.75 Å². The Hall–Kier alpha value is -3.77. The molecule has 0 aliphatic rings. The topological polar surface area (TPSA) is 122 Å². The Kier molecular flexibility index (Phi) is 9.13. The average Bonchev–Trinajstić information content (AvgIpc) is 2.93. The number of nitrogens with one attached hydrogen (secondary N) is 2. The number of carbonyl (C=O) groups is 1. The molecule has 13 heteroatoms. The Balaban J connectivity index is 1.45. The largest absolute Gasteiger partial charge is 0.497 e. The molecule has 0 fully saturated rings. The van der Waals surface area contributed by atoms with E-state index in [-0.39, 0.29) is 17.0 Å². The van der Waals surface area contributed by atoms with Gasteiger partial charge in [-0.15, -0.1) is 0 Å². The standard InChI is InChI=1S/C28H25Cl2N3O6S2/c1-39-23-14-8-21(9-15-23)32-41(37,38)24-16-10-20(11-17-24)31-28(34)19-6-12-22(13-7-19)33(40(2,35)36)18-25-26(29)4-3-5-27(25)30/h3-17,32H,18H2,1-2H3,(H,31,34). The molecule has 0 atom stereocenters. The molecule has 0 saturated heterocycles. The van der Waals surface area contributed by atoms with Crippen LogP contribution < -0.4 is 19.1 Å². The van der Waals surface area contributed by atoms with Crippen molar-refractivity contribution in [2.75, 3.05) is 27.7 Å². The number of benzene rings is 4. The van der Waals surface area contributed by atoms with Gasteiger partial charge in [0, 0.05) is 32.5 Å². The molecule has 0 aliphatic carbocycles. The monoisotopic (exact) mass is 633 g/mol. The summed E-state index contributed by atoms with van der Waals surface area (Å²) in [5, 5.41) is 3.36. The Morgan fingerprint density at radius 3 is 1.90 bits per heavy atom. The van der Waals surface area contributed by atoms with E-state index in [0.717, 1.165) is 10.6 Å². The highest BCUT2D eigenvalue weighted by molar-refractivity contribution is 7.92. The first-order chi connectivity index (χ1) is 19.4. The second-order valence-corrected chi connectivity index (χ2v) is 13.2. The fourth-order valence-electron chi connectivity index (χ4n) is 3.80. The lowest BCUT2D eigenvalue weighted by molar-refractivity contribution is 0.102. The van der Waals surface area contributed by atoms with Crippen LogP contribution in [-0.2, 0) is 26.6 Å². The van der Waals surface area contributed by atoms with Gasteiger partial charge in [0.05, 0.1) is 30.5 Å². The molecule has 0 unspecified atom stereocenters. The highest BCUT2D eigenvalue weighted by atomic mass is 35.5. The Bertz CT molecular complexity index is 1740. The van der Waals surface area contributed by atoms with Gasteiger partial charge in [0.1, 0.15) is 5.75 Å². The van der Waals surface area contributed by atoms with Crippen LogP contribution in [0.25, 0.3) is 0 Å². The molecule has 0 aliphatic heterocycles. The number of nitrogens with zero attached hydrogens (tertiary/aromatic N) is 1. The first-order valence-electron chi connectivity index (χ1n) is 12.0. The van der Waals surface area contributed by atoms with Crippen molar-refractivity contribution in [2.45, 2.75) is 11.4 Å². The molecule has 0 bridgehead atoms. The van der Waals surface area contributed by atoms with Crippen LogP contribution >= 0.6 is 23.2 Å². The Morgan fingerprint density at radius 2 is 1.37 bits per heavy atom. The van der Waals surface area contributed by atoms with E-state index in [1.54, 1.807) is 42.5 Å². The van der Waals surface area contributed by atoms with Gasteiger partial charge in [-0.05, 0) is 84.9 Å². The number of methoxy groups -OCH3 is 1. The van der Waals surface area contributed by atoms with Crippen molar-refractivity contribution in [2.24, 2.45) is 0 Å². The summed E-state index contributed by atoms with van der Waals surface area (Å²) >= 11 is 12.5. The van der Waals surface area contributed by atoms with Gasteiger partial charge in [0.25, 0.3) is 15.9 Å². The van der Waals surface area contributed by atoms with E-state index in [2.05, 4.69) is 10.0 Å². The highest BCUT2D eigenvalue weighted by Crippen LogP contribution is 2.29. The maximum atomic E-state index is 12.8. The zero-order valence-corrected chi connectivity index (χ0v) is 25.0. The predicted octanol–water partition coefficient (Wildman–Crippen LogP) is 6.02. The van der Waals surface area contributed by atoms with E-state index in [0.29, 0.717) is 38.4 Å². The average molecular weight is 635 g/mol. The molecule has 4 aromatic rings. The van der Waals surface area contributed by atoms with E-state index >= 15 is 0 Å². The van der Waals surface area contributed by atoms with Crippen LogP contribution in [0, 0.1) is 0 Å². The molecule has 0 aromatic heterocycles. The third-order valence-electron chi connectivity index (χ3n) is 5.95. The maximum absolute atomic E-state index is 12.8. The summed E-state index contributed by atoms with van der Waals surface area (Å²) in [6, 6.07) is 23.0. The molecule has 0 radical (unpaired) electrons. The lowest BCUT2D eigenvalue weighted by Gasteiger charge is -2.23. The zero-order chi connectivity index (χ0) is 29.8. The van der Waals surface area contributed by atoms with Crippen molar-refractivity contribution in [1.29, 1.82) is 0 Å². The minimum atomic E-state index is -3.86. The summed E-state index contributed by atoms with van der Waals surface area (Å²) in [6.07, 6.45) is 1.06. The van der Waals surface area contributed by atoms with Crippen LogP contribution in [0.2, 0.25) is 10.0 Å². The number of carbonyl (C=O) groups excluding carboxylic acids is 1. The van der Waals surface area contributed by atoms with Crippen LogP contribution in [0.5, 0.6) is 5.75 Å². The molecule has 4 rings (SSSR count). The Morgan fingerprint density at radius 1 is 0.805 bits per heavy atom. The number of hydrogen-bond donors (Lipinski definition) is 2. The molecule has 214 valence electrons. The number of anilines is 3. The fraction of sp³-hybridized carbons (Fsp3) is 0.107. The summed E-state index contributed by atoms with van der Waals surface area (Å²) in [7, 11) is -6.06.